The van der Waals surface area contributed by atoms with E-state index in [0.717, 1.165) is 5.57 Å². The molecular weight excluding hydrogens is 120 g/mol. The fourth-order valence-electron chi connectivity index (χ4n) is 0.862. The zero-order valence-corrected chi connectivity index (χ0v) is 5.08. The second kappa shape index (κ2) is 2.47. The first kappa shape index (κ1) is 6.74. The summed E-state index contributed by atoms with van der Waals surface area (Å²) in [5.41, 5.74) is 0.769. The predicted octanol–water partition coefficient (Wildman–Crippen LogP) is -0.358. The molecule has 2 atom stereocenters. The van der Waals surface area contributed by atoms with Crippen molar-refractivity contribution in [2.75, 3.05) is 6.61 Å². The van der Waals surface area contributed by atoms with Crippen molar-refractivity contribution in [2.45, 2.75) is 18.8 Å². The lowest BCUT2D eigenvalue weighted by molar-refractivity contribution is -0.0987. The molecule has 3 nitrogen and oxygen atoms in total. The summed E-state index contributed by atoms with van der Waals surface area (Å²) in [5.74, 6) is 0. The van der Waals surface area contributed by atoms with Gasteiger partial charge in [0.2, 0.25) is 0 Å². The Morgan fingerprint density at radius 2 is 2.44 bits per heavy atom. The van der Waals surface area contributed by atoms with Crippen LogP contribution in [0.25, 0.3) is 0 Å². The van der Waals surface area contributed by atoms with Crippen molar-refractivity contribution in [3.63, 3.8) is 0 Å². The van der Waals surface area contributed by atoms with E-state index in [2.05, 4.69) is 6.58 Å². The summed E-state index contributed by atoms with van der Waals surface area (Å²) in [7, 11) is 0. The van der Waals surface area contributed by atoms with Crippen LogP contribution < -0.4 is 0 Å². The maximum Gasteiger partial charge on any atom is 0.159 e. The molecule has 0 bridgehead atoms. The second-order valence-electron chi connectivity index (χ2n) is 2.12. The topological polar surface area (TPSA) is 49.7 Å². The van der Waals surface area contributed by atoms with Crippen LogP contribution in [-0.4, -0.2) is 29.2 Å². The lowest BCUT2D eigenvalue weighted by Crippen LogP contribution is -2.14. The van der Waals surface area contributed by atoms with Gasteiger partial charge in [0.05, 0.1) is 6.61 Å². The van der Waals surface area contributed by atoms with Gasteiger partial charge in [-0.2, -0.15) is 0 Å². The Bertz CT molecular complexity index is 121. The predicted molar refractivity (Wildman–Crippen MR) is 31.7 cm³/mol. The molecular formula is C6H10O3. The van der Waals surface area contributed by atoms with E-state index in [9.17, 15) is 0 Å². The van der Waals surface area contributed by atoms with Crippen LogP contribution in [0.4, 0.5) is 0 Å². The quantitative estimate of drug-likeness (QED) is 0.477. The summed E-state index contributed by atoms with van der Waals surface area (Å²) >= 11 is 0. The highest BCUT2D eigenvalue weighted by atomic mass is 16.6. The molecule has 1 aliphatic rings. The molecule has 0 saturated carbocycles. The third-order valence-corrected chi connectivity index (χ3v) is 1.38. The van der Waals surface area contributed by atoms with Gasteiger partial charge in [-0.3, -0.25) is 0 Å². The number of rotatable bonds is 1. The zero-order valence-electron chi connectivity index (χ0n) is 5.08. The molecule has 1 heterocycles. The van der Waals surface area contributed by atoms with E-state index < -0.39 is 6.29 Å². The van der Waals surface area contributed by atoms with Gasteiger partial charge in [0.25, 0.3) is 0 Å². The molecule has 0 aromatic heterocycles. The molecule has 9 heavy (non-hydrogen) atoms. The highest BCUT2D eigenvalue weighted by molar-refractivity contribution is 5.07. The Kier molecular flexibility index (Phi) is 1.85. The number of ether oxygens (including phenoxy) is 1. The van der Waals surface area contributed by atoms with Crippen LogP contribution in [0.3, 0.4) is 0 Å². The zero-order chi connectivity index (χ0) is 6.85. The van der Waals surface area contributed by atoms with E-state index in [4.69, 9.17) is 14.9 Å². The van der Waals surface area contributed by atoms with Gasteiger partial charge in [-0.05, 0) is 5.57 Å². The third kappa shape index (κ3) is 1.30. The number of aliphatic hydroxyl groups excluding tert-OH is 2. The molecule has 0 amide bonds. The van der Waals surface area contributed by atoms with Crippen molar-refractivity contribution < 1.29 is 14.9 Å². The average molecular weight is 130 g/mol. The van der Waals surface area contributed by atoms with Crippen molar-refractivity contribution in [3.05, 3.63) is 12.2 Å². The smallest absolute Gasteiger partial charge is 0.159 e. The van der Waals surface area contributed by atoms with Crippen LogP contribution in [-0.2, 0) is 4.74 Å². The SMILES string of the molecule is C=C1C[C@H](O)O[C@@H]1CO. The van der Waals surface area contributed by atoms with Crippen LogP contribution in [0.2, 0.25) is 0 Å². The van der Waals surface area contributed by atoms with Gasteiger partial charge in [0.1, 0.15) is 6.10 Å². The maximum absolute atomic E-state index is 8.81. The minimum atomic E-state index is -0.755. The fraction of sp³-hybridized carbons (Fsp3) is 0.667. The number of hydrogen-bond donors (Lipinski definition) is 2. The molecule has 2 N–H and O–H groups in total. The largest absolute Gasteiger partial charge is 0.393 e. The molecule has 1 fully saturated rings. The van der Waals surface area contributed by atoms with E-state index in [1.54, 1.807) is 0 Å². The summed E-state index contributed by atoms with van der Waals surface area (Å²) < 4.78 is 4.83. The van der Waals surface area contributed by atoms with E-state index in [0.29, 0.717) is 6.42 Å². The van der Waals surface area contributed by atoms with E-state index in [1.165, 1.54) is 0 Å². The molecule has 0 aliphatic carbocycles. The van der Waals surface area contributed by atoms with Crippen molar-refractivity contribution in [1.29, 1.82) is 0 Å². The van der Waals surface area contributed by atoms with Gasteiger partial charge in [-0.15, -0.1) is 0 Å². The maximum atomic E-state index is 8.81. The van der Waals surface area contributed by atoms with Crippen LogP contribution in [0.15, 0.2) is 12.2 Å². The van der Waals surface area contributed by atoms with Gasteiger partial charge >= 0.3 is 0 Å². The van der Waals surface area contributed by atoms with E-state index in [-0.39, 0.29) is 12.7 Å². The minimum absolute atomic E-state index is 0.0874. The van der Waals surface area contributed by atoms with E-state index >= 15 is 0 Å². The number of hydrogen-bond acceptors (Lipinski definition) is 3. The summed E-state index contributed by atoms with van der Waals surface area (Å²) in [6.07, 6.45) is -0.653. The Balaban J connectivity index is 2.48. The molecule has 0 unspecified atom stereocenters. The van der Waals surface area contributed by atoms with Crippen LogP contribution in [0.5, 0.6) is 0 Å². The standard InChI is InChI=1S/C6H10O3/c1-4-2-6(8)9-5(4)3-7/h5-8H,1-3H2/t5-,6-/m1/s1. The fourth-order valence-corrected chi connectivity index (χ4v) is 0.862. The van der Waals surface area contributed by atoms with Gasteiger partial charge in [-0.1, -0.05) is 6.58 Å². The lowest BCUT2D eigenvalue weighted by atomic mass is 10.1. The summed E-state index contributed by atoms with van der Waals surface area (Å²) in [4.78, 5) is 0. The van der Waals surface area contributed by atoms with Gasteiger partial charge in [-0.25, -0.2) is 0 Å². The lowest BCUT2D eigenvalue weighted by Gasteiger charge is -2.05. The summed E-state index contributed by atoms with van der Waals surface area (Å²) in [5, 5.41) is 17.4. The molecule has 0 spiro atoms. The number of aliphatic hydroxyl groups is 2. The van der Waals surface area contributed by atoms with Gasteiger partial charge < -0.3 is 14.9 Å². The Hall–Kier alpha value is -0.380. The molecule has 3 heteroatoms. The van der Waals surface area contributed by atoms with E-state index in [1.807, 2.05) is 0 Å². The molecule has 0 aromatic rings. The second-order valence-corrected chi connectivity index (χ2v) is 2.12. The minimum Gasteiger partial charge on any atom is -0.393 e. The highest BCUT2D eigenvalue weighted by Gasteiger charge is 2.25. The Labute approximate surface area is 53.6 Å². The highest BCUT2D eigenvalue weighted by Crippen LogP contribution is 2.21. The first-order chi connectivity index (χ1) is 4.24. The van der Waals surface area contributed by atoms with Gasteiger partial charge in [0, 0.05) is 6.42 Å². The van der Waals surface area contributed by atoms with Crippen molar-refractivity contribution in [2.24, 2.45) is 0 Å². The summed E-state index contributed by atoms with van der Waals surface area (Å²) in [6, 6.07) is 0. The normalized spacial score (nSPS) is 35.6. The van der Waals surface area contributed by atoms with Crippen LogP contribution in [0, 0.1) is 0 Å². The third-order valence-electron chi connectivity index (χ3n) is 1.38. The Morgan fingerprint density at radius 1 is 1.78 bits per heavy atom. The monoisotopic (exact) mass is 130 g/mol. The van der Waals surface area contributed by atoms with Crippen molar-refractivity contribution in [1.82, 2.24) is 0 Å². The summed E-state index contributed by atoms with van der Waals surface area (Å²) in [6.45, 7) is 3.52. The first-order valence-electron chi connectivity index (χ1n) is 2.86. The molecule has 1 rings (SSSR count). The first-order valence-corrected chi connectivity index (χ1v) is 2.86. The molecule has 52 valence electrons. The van der Waals surface area contributed by atoms with Gasteiger partial charge in [0.15, 0.2) is 6.29 Å². The molecule has 1 saturated heterocycles. The molecule has 0 aromatic carbocycles. The molecule has 1 aliphatic heterocycles. The molecule has 0 radical (unpaired) electrons. The van der Waals surface area contributed by atoms with Crippen molar-refractivity contribution in [3.8, 4) is 0 Å². The van der Waals surface area contributed by atoms with Crippen LogP contribution >= 0.6 is 0 Å². The Morgan fingerprint density at radius 3 is 2.67 bits per heavy atom. The van der Waals surface area contributed by atoms with Crippen LogP contribution in [0.1, 0.15) is 6.42 Å². The van der Waals surface area contributed by atoms with Crippen molar-refractivity contribution >= 4 is 0 Å². The average Bonchev–Trinajstić information content (AvgIpc) is 2.10.